The highest BCUT2D eigenvalue weighted by Crippen LogP contribution is 2.24. The summed E-state index contributed by atoms with van der Waals surface area (Å²) in [5.41, 5.74) is 3.20. The maximum absolute atomic E-state index is 4.16. The summed E-state index contributed by atoms with van der Waals surface area (Å²) in [6.07, 6.45) is 1.82. The van der Waals surface area contributed by atoms with Crippen LogP contribution in [0.15, 0.2) is 11.6 Å². The van der Waals surface area contributed by atoms with Crippen molar-refractivity contribution in [2.24, 2.45) is 0 Å². The smallest absolute Gasteiger partial charge is 0.210 e. The van der Waals surface area contributed by atoms with Crippen LogP contribution in [0.3, 0.4) is 0 Å². The van der Waals surface area contributed by atoms with Gasteiger partial charge >= 0.3 is 0 Å². The Morgan fingerprint density at radius 2 is 2.70 bits per heavy atom. The standard InChI is InChI=1S/C5H7N3S2/c1-3-9-5(6-1)8-7-2-4-10-8/h1,3,7H,2,4H2. The van der Waals surface area contributed by atoms with E-state index in [0.717, 1.165) is 17.4 Å². The summed E-state index contributed by atoms with van der Waals surface area (Å²) in [7, 11) is 0. The zero-order valence-electron chi connectivity index (χ0n) is 5.28. The predicted molar refractivity (Wildman–Crippen MR) is 45.1 cm³/mol. The first kappa shape index (κ1) is 6.45. The summed E-state index contributed by atoms with van der Waals surface area (Å²) in [5, 5.41) is 3.03. The van der Waals surface area contributed by atoms with E-state index in [1.54, 1.807) is 23.3 Å². The second-order valence-corrected chi connectivity index (χ2v) is 3.76. The van der Waals surface area contributed by atoms with Gasteiger partial charge in [-0.15, -0.1) is 11.3 Å². The van der Waals surface area contributed by atoms with Gasteiger partial charge in [-0.2, -0.15) is 0 Å². The van der Waals surface area contributed by atoms with Gasteiger partial charge < -0.3 is 0 Å². The van der Waals surface area contributed by atoms with Crippen molar-refractivity contribution in [2.75, 3.05) is 16.7 Å². The number of anilines is 1. The highest BCUT2D eigenvalue weighted by Gasteiger charge is 2.13. The average molecular weight is 173 g/mol. The molecule has 10 heavy (non-hydrogen) atoms. The molecular weight excluding hydrogens is 166 g/mol. The highest BCUT2D eigenvalue weighted by atomic mass is 32.2. The van der Waals surface area contributed by atoms with Gasteiger partial charge in [0.15, 0.2) is 0 Å². The molecule has 0 bridgehead atoms. The molecule has 1 aromatic heterocycles. The van der Waals surface area contributed by atoms with Crippen LogP contribution >= 0.6 is 23.3 Å². The zero-order chi connectivity index (χ0) is 6.81. The van der Waals surface area contributed by atoms with E-state index in [4.69, 9.17) is 0 Å². The van der Waals surface area contributed by atoms with Gasteiger partial charge in [0.1, 0.15) is 0 Å². The molecule has 0 amide bonds. The van der Waals surface area contributed by atoms with E-state index in [1.807, 2.05) is 16.0 Å². The fraction of sp³-hybridized carbons (Fsp3) is 0.400. The Kier molecular flexibility index (Phi) is 1.79. The third-order valence-corrected chi connectivity index (χ3v) is 2.99. The van der Waals surface area contributed by atoms with E-state index in [9.17, 15) is 0 Å². The molecular formula is C5H7N3S2. The van der Waals surface area contributed by atoms with Crippen LogP contribution in [0.1, 0.15) is 0 Å². The number of nitrogens with zero attached hydrogens (tertiary/aromatic N) is 2. The molecule has 1 N–H and O–H groups in total. The number of rotatable bonds is 1. The fourth-order valence-corrected chi connectivity index (χ4v) is 2.29. The molecule has 1 saturated heterocycles. The highest BCUT2D eigenvalue weighted by molar-refractivity contribution is 8.01. The van der Waals surface area contributed by atoms with Gasteiger partial charge in [0.2, 0.25) is 5.13 Å². The second kappa shape index (κ2) is 2.77. The number of hydrogen-bond acceptors (Lipinski definition) is 5. The maximum Gasteiger partial charge on any atom is 0.210 e. The van der Waals surface area contributed by atoms with Crippen LogP contribution in [0.25, 0.3) is 0 Å². The Morgan fingerprint density at radius 3 is 3.30 bits per heavy atom. The molecule has 0 unspecified atom stereocenters. The van der Waals surface area contributed by atoms with Crippen molar-refractivity contribution in [1.29, 1.82) is 0 Å². The van der Waals surface area contributed by atoms with Crippen molar-refractivity contribution in [3.8, 4) is 0 Å². The van der Waals surface area contributed by atoms with Crippen molar-refractivity contribution in [2.45, 2.75) is 0 Å². The minimum Gasteiger partial charge on any atom is -0.227 e. The first-order valence-corrected chi connectivity index (χ1v) is 4.85. The van der Waals surface area contributed by atoms with E-state index >= 15 is 0 Å². The summed E-state index contributed by atoms with van der Waals surface area (Å²) in [6.45, 7) is 1.05. The third-order valence-electron chi connectivity index (χ3n) is 1.17. The van der Waals surface area contributed by atoms with Gasteiger partial charge in [0, 0.05) is 23.9 Å². The van der Waals surface area contributed by atoms with Gasteiger partial charge in [-0.3, -0.25) is 0 Å². The SMILES string of the molecule is c1csc(N2NCCS2)n1. The Labute approximate surface area is 67.6 Å². The van der Waals surface area contributed by atoms with E-state index in [2.05, 4.69) is 10.4 Å². The molecule has 1 aromatic rings. The molecule has 0 saturated carbocycles. The summed E-state index contributed by atoms with van der Waals surface area (Å²) in [6, 6.07) is 0. The fourth-order valence-electron chi connectivity index (χ4n) is 0.769. The molecule has 1 fully saturated rings. The van der Waals surface area contributed by atoms with Crippen LogP contribution in [-0.2, 0) is 0 Å². The molecule has 5 heteroatoms. The minimum atomic E-state index is 1.04. The monoisotopic (exact) mass is 173 g/mol. The Hall–Kier alpha value is -0.260. The average Bonchev–Trinajstić information content (AvgIpc) is 2.59. The van der Waals surface area contributed by atoms with E-state index < -0.39 is 0 Å². The van der Waals surface area contributed by atoms with Gasteiger partial charge in [-0.05, 0) is 11.9 Å². The van der Waals surface area contributed by atoms with Crippen LogP contribution in [-0.4, -0.2) is 17.3 Å². The molecule has 3 nitrogen and oxygen atoms in total. The summed E-state index contributed by atoms with van der Waals surface area (Å²) in [4.78, 5) is 4.16. The van der Waals surface area contributed by atoms with Crippen LogP contribution in [0.4, 0.5) is 5.13 Å². The van der Waals surface area contributed by atoms with Crippen LogP contribution in [0.2, 0.25) is 0 Å². The lowest BCUT2D eigenvalue weighted by Gasteiger charge is -2.10. The Morgan fingerprint density at radius 1 is 1.70 bits per heavy atom. The molecule has 0 radical (unpaired) electrons. The second-order valence-electron chi connectivity index (χ2n) is 1.85. The van der Waals surface area contributed by atoms with Crippen molar-refractivity contribution in [1.82, 2.24) is 10.4 Å². The first-order chi connectivity index (χ1) is 4.97. The van der Waals surface area contributed by atoms with Crippen LogP contribution in [0.5, 0.6) is 0 Å². The van der Waals surface area contributed by atoms with Gasteiger partial charge in [0.05, 0.1) is 0 Å². The summed E-state index contributed by atoms with van der Waals surface area (Å²) < 4.78 is 2.02. The normalized spacial score (nSPS) is 18.2. The van der Waals surface area contributed by atoms with Crippen LogP contribution < -0.4 is 9.84 Å². The molecule has 54 valence electrons. The van der Waals surface area contributed by atoms with Gasteiger partial charge in [-0.25, -0.2) is 14.8 Å². The molecule has 1 aliphatic heterocycles. The summed E-state index contributed by atoms with van der Waals surface area (Å²) >= 11 is 3.42. The van der Waals surface area contributed by atoms with Crippen LogP contribution in [0, 0.1) is 0 Å². The van der Waals surface area contributed by atoms with E-state index in [-0.39, 0.29) is 0 Å². The minimum absolute atomic E-state index is 1.04. The molecule has 1 aliphatic rings. The molecule has 2 heterocycles. The van der Waals surface area contributed by atoms with Crippen molar-refractivity contribution < 1.29 is 0 Å². The first-order valence-electron chi connectivity index (χ1n) is 3.03. The lowest BCUT2D eigenvalue weighted by atomic mass is 10.8. The lowest BCUT2D eigenvalue weighted by Crippen LogP contribution is -2.25. The Bertz CT molecular complexity index is 193. The molecule has 0 atom stereocenters. The predicted octanol–water partition coefficient (Wildman–Crippen LogP) is 1.12. The molecule has 2 rings (SSSR count). The molecule has 0 spiro atoms. The Balaban J connectivity index is 2.12. The molecule has 0 aliphatic carbocycles. The zero-order valence-corrected chi connectivity index (χ0v) is 6.91. The third kappa shape index (κ3) is 1.12. The largest absolute Gasteiger partial charge is 0.227 e. The number of nitrogens with one attached hydrogen (secondary N) is 1. The summed E-state index contributed by atoms with van der Waals surface area (Å²) in [5.74, 6) is 1.14. The lowest BCUT2D eigenvalue weighted by molar-refractivity contribution is 0.826. The number of thiazole rings is 1. The number of hydrazine groups is 1. The van der Waals surface area contributed by atoms with Crippen molar-refractivity contribution >= 4 is 28.4 Å². The topological polar surface area (TPSA) is 28.2 Å². The number of hydrogen-bond donors (Lipinski definition) is 1. The van der Waals surface area contributed by atoms with Crippen molar-refractivity contribution in [3.05, 3.63) is 11.6 Å². The number of aromatic nitrogens is 1. The maximum atomic E-state index is 4.16. The molecule has 0 aromatic carbocycles. The van der Waals surface area contributed by atoms with E-state index in [1.165, 1.54) is 0 Å². The van der Waals surface area contributed by atoms with Gasteiger partial charge in [0.25, 0.3) is 0 Å². The van der Waals surface area contributed by atoms with E-state index in [0.29, 0.717) is 0 Å². The quantitative estimate of drug-likeness (QED) is 0.644. The van der Waals surface area contributed by atoms with Crippen molar-refractivity contribution in [3.63, 3.8) is 0 Å². The van der Waals surface area contributed by atoms with Gasteiger partial charge in [-0.1, -0.05) is 0 Å².